The van der Waals surface area contributed by atoms with Crippen LogP contribution in [0.5, 0.6) is 0 Å². The molecule has 1 heterocycles. The van der Waals surface area contributed by atoms with Gasteiger partial charge in [-0.25, -0.2) is 0 Å². The predicted octanol–water partition coefficient (Wildman–Crippen LogP) is -0.636. The van der Waals surface area contributed by atoms with Crippen molar-refractivity contribution in [3.05, 3.63) is 18.0 Å². The first kappa shape index (κ1) is 10.3. The van der Waals surface area contributed by atoms with E-state index < -0.39 is 13.6 Å². The molecule has 0 spiro atoms. The summed E-state index contributed by atoms with van der Waals surface area (Å²) in [5.41, 5.74) is 1.11. The first-order valence-corrected chi connectivity index (χ1v) is 4.73. The summed E-state index contributed by atoms with van der Waals surface area (Å²) < 4.78 is 31.9. The number of rotatable bonds is 0. The fraction of sp³-hybridized carbons (Fsp3) is 0.250. The van der Waals surface area contributed by atoms with Gasteiger partial charge in [0.25, 0.3) is 0 Å². The predicted molar refractivity (Wildman–Crippen MR) is 29.1 cm³/mol. The molecule has 0 amide bonds. The topological polar surface area (TPSA) is 103 Å². The van der Waals surface area contributed by atoms with Gasteiger partial charge in [-0.05, 0) is 13.0 Å². The van der Waals surface area contributed by atoms with Crippen LogP contribution in [0.1, 0.15) is 5.69 Å². The van der Waals surface area contributed by atoms with Gasteiger partial charge in [-0.3, -0.25) is 5.10 Å². The van der Waals surface area contributed by atoms with Crippen molar-refractivity contribution in [3.8, 4) is 0 Å². The normalized spacial score (nSPS) is 10.1. The number of hydrogen-bond acceptors (Lipinski definition) is 3. The summed E-state index contributed by atoms with van der Waals surface area (Å²) in [5.74, 6) is 0. The Kier molecular flexibility index (Phi) is 3.92. The number of nitrogens with one attached hydrogen (secondary N) is 1. The molecule has 0 saturated heterocycles. The number of aryl methyl sites for hydroxylation is 1. The number of H-pyrrole nitrogens is 1. The third-order valence-electron chi connectivity index (χ3n) is 0.640. The molecule has 64 valence electrons. The van der Waals surface area contributed by atoms with Crippen LogP contribution in [0.25, 0.3) is 0 Å². The van der Waals surface area contributed by atoms with E-state index in [4.69, 9.17) is 15.9 Å². The molecule has 0 saturated carbocycles. The van der Waals surface area contributed by atoms with Crippen LogP contribution in [0, 0.1) is 6.92 Å². The summed E-state index contributed by atoms with van der Waals surface area (Å²) in [6, 6.07) is 1.92. The Balaban J connectivity index is 0.000000187. The van der Waals surface area contributed by atoms with Crippen molar-refractivity contribution in [1.29, 1.82) is 0 Å². The number of aromatic amines is 1. The second kappa shape index (κ2) is 4.21. The summed E-state index contributed by atoms with van der Waals surface area (Å²) in [7, 11) is 0. The molecular weight excluding hydrogens is 192 g/mol. The standard InChI is InChI=1S/C4H6N2.Cr.2H2O.2O/c1-4-2-3-5-6-4;;;;;/h2-3H,1H3,(H,5,6);;2*1H2;;/q;+2;;;;/p-2. The molecule has 1 rings (SSSR count). The maximum absolute atomic E-state index is 8.82. The zero-order valence-electron chi connectivity index (χ0n) is 5.72. The van der Waals surface area contributed by atoms with E-state index >= 15 is 0 Å². The van der Waals surface area contributed by atoms with Crippen molar-refractivity contribution >= 4 is 0 Å². The molecule has 3 N–H and O–H groups in total. The second-order valence-electron chi connectivity index (χ2n) is 1.69. The van der Waals surface area contributed by atoms with Crippen LogP contribution < -0.4 is 0 Å². The van der Waals surface area contributed by atoms with Gasteiger partial charge < -0.3 is 0 Å². The van der Waals surface area contributed by atoms with E-state index in [2.05, 4.69) is 10.2 Å². The van der Waals surface area contributed by atoms with Gasteiger partial charge in [0.15, 0.2) is 0 Å². The fourth-order valence-electron chi connectivity index (χ4n) is 0.325. The zero-order chi connectivity index (χ0) is 8.91. The Bertz CT molecular complexity index is 269. The Hall–Kier alpha value is -0.738. The van der Waals surface area contributed by atoms with Crippen molar-refractivity contribution in [2.75, 3.05) is 0 Å². The average Bonchev–Trinajstić information content (AvgIpc) is 2.12. The third-order valence-corrected chi connectivity index (χ3v) is 0.640. The Morgan fingerprint density at radius 2 is 2.00 bits per heavy atom. The summed E-state index contributed by atoms with van der Waals surface area (Å²) in [5, 5.41) is 6.45. The van der Waals surface area contributed by atoms with Gasteiger partial charge >= 0.3 is 29.5 Å². The molecule has 0 aromatic carbocycles. The minimum atomic E-state index is -5.25. The molecule has 0 unspecified atom stereocenters. The molecule has 1 aromatic heterocycles. The van der Waals surface area contributed by atoms with Crippen LogP contribution in [0.4, 0.5) is 0 Å². The molecule has 0 fully saturated rings. The van der Waals surface area contributed by atoms with Crippen LogP contribution >= 0.6 is 0 Å². The van der Waals surface area contributed by atoms with Crippen LogP contribution in [-0.2, 0) is 21.2 Å². The van der Waals surface area contributed by atoms with E-state index in [1.54, 1.807) is 6.20 Å². The van der Waals surface area contributed by atoms with Crippen molar-refractivity contribution in [3.63, 3.8) is 0 Å². The van der Waals surface area contributed by atoms with Crippen LogP contribution in [0.2, 0.25) is 0 Å². The van der Waals surface area contributed by atoms with Crippen molar-refractivity contribution < 1.29 is 29.5 Å². The maximum atomic E-state index is 8.82. The van der Waals surface area contributed by atoms with Crippen LogP contribution in [-0.4, -0.2) is 18.5 Å². The Labute approximate surface area is 65.3 Å². The SMILES string of the molecule is Cc1ccn[nH]1.[O]=[Cr](=[O])([OH])[OH]. The number of nitrogens with zero attached hydrogens (tertiary/aromatic N) is 1. The average molecular weight is 200 g/mol. The first-order valence-electron chi connectivity index (χ1n) is 2.55. The van der Waals surface area contributed by atoms with E-state index in [-0.39, 0.29) is 0 Å². The fourth-order valence-corrected chi connectivity index (χ4v) is 0.325. The second-order valence-corrected chi connectivity index (χ2v) is 3.09. The van der Waals surface area contributed by atoms with Crippen LogP contribution in [0.3, 0.4) is 0 Å². The van der Waals surface area contributed by atoms with E-state index in [9.17, 15) is 0 Å². The zero-order valence-corrected chi connectivity index (χ0v) is 7.00. The Morgan fingerprint density at radius 3 is 2.09 bits per heavy atom. The number of hydrogen-bond donors (Lipinski definition) is 3. The van der Waals surface area contributed by atoms with E-state index in [0.717, 1.165) is 5.69 Å². The molecule has 0 aliphatic heterocycles. The summed E-state index contributed by atoms with van der Waals surface area (Å²) >= 11 is -5.25. The van der Waals surface area contributed by atoms with Gasteiger partial charge in [0, 0.05) is 11.9 Å². The van der Waals surface area contributed by atoms with Gasteiger partial charge in [0.2, 0.25) is 0 Å². The summed E-state index contributed by atoms with van der Waals surface area (Å²) in [4.78, 5) is 0. The molecule has 0 aliphatic rings. The first-order chi connectivity index (χ1) is 4.89. The molecular formula is C4H8CrN2O4. The molecule has 0 atom stereocenters. The monoisotopic (exact) mass is 200 g/mol. The van der Waals surface area contributed by atoms with E-state index in [0.29, 0.717) is 0 Å². The van der Waals surface area contributed by atoms with Crippen molar-refractivity contribution in [2.24, 2.45) is 0 Å². The summed E-state index contributed by atoms with van der Waals surface area (Å²) in [6.07, 6.45) is 1.73. The Morgan fingerprint density at radius 1 is 1.55 bits per heavy atom. The molecule has 6 nitrogen and oxygen atoms in total. The molecule has 0 radical (unpaired) electrons. The van der Waals surface area contributed by atoms with E-state index in [1.807, 2.05) is 13.0 Å². The summed E-state index contributed by atoms with van der Waals surface area (Å²) in [6.45, 7) is 1.97. The molecule has 11 heavy (non-hydrogen) atoms. The number of aromatic nitrogens is 2. The molecule has 7 heteroatoms. The van der Waals surface area contributed by atoms with Gasteiger partial charge in [-0.2, -0.15) is 5.10 Å². The molecule has 0 bridgehead atoms. The molecule has 1 aromatic rings. The van der Waals surface area contributed by atoms with Gasteiger partial charge in [0.1, 0.15) is 0 Å². The van der Waals surface area contributed by atoms with E-state index in [1.165, 1.54) is 0 Å². The van der Waals surface area contributed by atoms with Gasteiger partial charge in [-0.1, -0.05) is 0 Å². The minimum absolute atomic E-state index is 1.11. The molecule has 0 aliphatic carbocycles. The van der Waals surface area contributed by atoms with Crippen LogP contribution in [0.15, 0.2) is 12.3 Å². The van der Waals surface area contributed by atoms with Gasteiger partial charge in [-0.15, -0.1) is 0 Å². The third kappa shape index (κ3) is 12.5. The quantitative estimate of drug-likeness (QED) is 0.517. The van der Waals surface area contributed by atoms with Crippen molar-refractivity contribution in [1.82, 2.24) is 10.2 Å². The van der Waals surface area contributed by atoms with Crippen molar-refractivity contribution in [2.45, 2.75) is 6.92 Å². The van der Waals surface area contributed by atoms with Gasteiger partial charge in [0.05, 0.1) is 0 Å².